The number of aromatic nitrogens is 3. The molecule has 0 aliphatic carbocycles. The van der Waals surface area contributed by atoms with E-state index in [0.717, 1.165) is 22.9 Å². The second-order valence-corrected chi connectivity index (χ2v) is 12.7. The van der Waals surface area contributed by atoms with Gasteiger partial charge in [0, 0.05) is 19.1 Å². The number of benzene rings is 5. The third kappa shape index (κ3) is 2.63. The maximum atomic E-state index is 6.67. The molecule has 2 aromatic heterocycles. The molecule has 46 heavy (non-hydrogen) atoms. The fourth-order valence-corrected chi connectivity index (χ4v) is 8.86. The van der Waals surface area contributed by atoms with Gasteiger partial charge in [0.05, 0.1) is 28.2 Å². The lowest BCUT2D eigenvalue weighted by Crippen LogP contribution is -2.74. The summed E-state index contributed by atoms with van der Waals surface area (Å²) in [5, 5.41) is 0. The van der Waals surface area contributed by atoms with Crippen LogP contribution in [0.15, 0.2) is 134 Å². The van der Waals surface area contributed by atoms with Gasteiger partial charge < -0.3 is 9.64 Å². The Morgan fingerprint density at radius 3 is 2.20 bits per heavy atom. The van der Waals surface area contributed by atoms with Crippen molar-refractivity contribution >= 4 is 17.1 Å². The molecule has 0 radical (unpaired) electrons. The number of fused-ring (bicyclic) bond motifs is 7. The summed E-state index contributed by atoms with van der Waals surface area (Å²) in [4.78, 5) is 2.44. The standard InChI is InChI=1S/C41H28N4O/c1-25-37(29-20-18-28(19-21-29)27-11-4-3-5-12-27)26(2)45-41-38-30(31-14-8-9-24-42(31)41)13-10-16-33(38)43-32-15-6-7-17-35(32)46-36-23-22-34(44(25)45)39(41)40(36)43/h3-24H,1-2H3/q+2. The third-order valence-electron chi connectivity index (χ3n) is 10.5. The van der Waals surface area contributed by atoms with Crippen molar-refractivity contribution in [2.45, 2.75) is 19.5 Å². The van der Waals surface area contributed by atoms with Crippen LogP contribution in [0.2, 0.25) is 0 Å². The van der Waals surface area contributed by atoms with Gasteiger partial charge in [-0.3, -0.25) is 0 Å². The first-order valence-corrected chi connectivity index (χ1v) is 15.9. The van der Waals surface area contributed by atoms with Crippen LogP contribution in [-0.4, -0.2) is 4.68 Å². The quantitative estimate of drug-likeness (QED) is 0.188. The summed E-state index contributed by atoms with van der Waals surface area (Å²) in [6, 6.07) is 45.8. The number of anilines is 3. The molecule has 0 saturated heterocycles. The van der Waals surface area contributed by atoms with Crippen molar-refractivity contribution in [3.8, 4) is 50.7 Å². The summed E-state index contributed by atoms with van der Waals surface area (Å²) >= 11 is 0. The molecule has 4 aliphatic rings. The second-order valence-electron chi connectivity index (χ2n) is 12.7. The first-order valence-electron chi connectivity index (χ1n) is 15.9. The Balaban J connectivity index is 1.25. The largest absolute Gasteiger partial charge is 0.453 e. The van der Waals surface area contributed by atoms with E-state index in [9.17, 15) is 0 Å². The zero-order valence-electron chi connectivity index (χ0n) is 25.4. The first kappa shape index (κ1) is 24.4. The predicted octanol–water partition coefficient (Wildman–Crippen LogP) is 8.48. The summed E-state index contributed by atoms with van der Waals surface area (Å²) in [6.07, 6.45) is 2.26. The van der Waals surface area contributed by atoms with E-state index in [0.29, 0.717) is 0 Å². The number of hydrogen-bond acceptors (Lipinski definition) is 2. The van der Waals surface area contributed by atoms with Crippen LogP contribution in [0.5, 0.6) is 11.5 Å². The number of ether oxygens (including phenoxy) is 1. The van der Waals surface area contributed by atoms with E-state index in [1.54, 1.807) is 0 Å². The number of hydrogen-bond donors (Lipinski definition) is 0. The third-order valence-corrected chi connectivity index (χ3v) is 10.5. The van der Waals surface area contributed by atoms with Crippen molar-refractivity contribution in [3.05, 3.63) is 156 Å². The summed E-state index contributed by atoms with van der Waals surface area (Å²) < 4.78 is 14.2. The second kappa shape index (κ2) is 8.20. The lowest BCUT2D eigenvalue weighted by Gasteiger charge is -2.38. The highest BCUT2D eigenvalue weighted by Crippen LogP contribution is 2.63. The lowest BCUT2D eigenvalue weighted by atomic mass is 9.82. The molecule has 1 spiro atoms. The molecule has 0 saturated carbocycles. The molecular weight excluding hydrogens is 564 g/mol. The van der Waals surface area contributed by atoms with Crippen molar-refractivity contribution in [2.24, 2.45) is 0 Å². The highest BCUT2D eigenvalue weighted by Gasteiger charge is 2.74. The van der Waals surface area contributed by atoms with Gasteiger partial charge in [-0.05, 0) is 70.8 Å². The highest BCUT2D eigenvalue weighted by atomic mass is 16.5. The molecule has 6 heterocycles. The van der Waals surface area contributed by atoms with Crippen LogP contribution in [0.25, 0.3) is 39.2 Å². The molecule has 1 unspecified atom stereocenters. The number of para-hydroxylation sites is 2. The zero-order valence-corrected chi connectivity index (χ0v) is 25.4. The van der Waals surface area contributed by atoms with E-state index in [-0.39, 0.29) is 0 Å². The summed E-state index contributed by atoms with van der Waals surface area (Å²) in [6.45, 7) is 4.56. The Kier molecular flexibility index (Phi) is 4.35. The van der Waals surface area contributed by atoms with Crippen molar-refractivity contribution in [1.29, 1.82) is 0 Å². The van der Waals surface area contributed by atoms with Gasteiger partial charge >= 0.3 is 5.66 Å². The average molecular weight is 593 g/mol. The van der Waals surface area contributed by atoms with E-state index < -0.39 is 5.66 Å². The van der Waals surface area contributed by atoms with Crippen LogP contribution >= 0.6 is 0 Å². The molecule has 5 heteroatoms. The molecule has 4 aliphatic heterocycles. The van der Waals surface area contributed by atoms with Crippen molar-refractivity contribution in [3.63, 3.8) is 0 Å². The van der Waals surface area contributed by atoms with E-state index in [2.05, 4.69) is 166 Å². The van der Waals surface area contributed by atoms with Gasteiger partial charge in [0.15, 0.2) is 23.3 Å². The van der Waals surface area contributed by atoms with Crippen molar-refractivity contribution < 1.29 is 14.0 Å². The fraction of sp³-hybridized carbons (Fsp3) is 0.0732. The minimum atomic E-state index is -0.619. The molecule has 0 fully saturated rings. The lowest BCUT2D eigenvalue weighted by molar-refractivity contribution is -0.989. The van der Waals surface area contributed by atoms with Crippen LogP contribution in [0.4, 0.5) is 17.1 Å². The molecule has 0 amide bonds. The topological polar surface area (TPSA) is 25.2 Å². The molecule has 0 N–H and O–H groups in total. The van der Waals surface area contributed by atoms with E-state index in [1.165, 1.54) is 67.4 Å². The Hall–Kier alpha value is -5.94. The molecule has 7 aromatic rings. The fourth-order valence-electron chi connectivity index (χ4n) is 8.86. The van der Waals surface area contributed by atoms with E-state index in [4.69, 9.17) is 4.74 Å². The maximum Gasteiger partial charge on any atom is 0.444 e. The van der Waals surface area contributed by atoms with Gasteiger partial charge in [-0.15, -0.1) is 9.25 Å². The van der Waals surface area contributed by atoms with Crippen molar-refractivity contribution in [1.82, 2.24) is 4.68 Å². The van der Waals surface area contributed by atoms with E-state index >= 15 is 0 Å². The van der Waals surface area contributed by atoms with E-state index in [1.807, 2.05) is 0 Å². The molecule has 0 bridgehead atoms. The van der Waals surface area contributed by atoms with Crippen LogP contribution in [0.3, 0.4) is 0 Å². The number of pyridine rings is 1. The van der Waals surface area contributed by atoms with Gasteiger partial charge in [0.2, 0.25) is 11.4 Å². The summed E-state index contributed by atoms with van der Waals surface area (Å²) in [7, 11) is 0. The molecule has 5 nitrogen and oxygen atoms in total. The number of nitrogens with zero attached hydrogens (tertiary/aromatic N) is 4. The normalized spacial score (nSPS) is 16.7. The molecular formula is C41H28N4O+2. The number of rotatable bonds is 2. The zero-order chi connectivity index (χ0) is 30.3. The first-order chi connectivity index (χ1) is 22.7. The minimum absolute atomic E-state index is 0.619. The Labute approximate surface area is 266 Å². The monoisotopic (exact) mass is 592 g/mol. The predicted molar refractivity (Wildman–Crippen MR) is 178 cm³/mol. The van der Waals surface area contributed by atoms with Gasteiger partial charge in [-0.2, -0.15) is 0 Å². The van der Waals surface area contributed by atoms with Crippen LogP contribution < -0.4 is 18.9 Å². The Morgan fingerprint density at radius 2 is 1.33 bits per heavy atom. The average Bonchev–Trinajstić information content (AvgIpc) is 3.69. The van der Waals surface area contributed by atoms with Gasteiger partial charge in [0.1, 0.15) is 16.9 Å². The maximum absolute atomic E-state index is 6.67. The molecule has 216 valence electrons. The molecule has 11 rings (SSSR count). The Morgan fingerprint density at radius 1 is 0.587 bits per heavy atom. The molecule has 1 atom stereocenters. The summed E-state index contributed by atoms with van der Waals surface area (Å²) in [5.41, 5.74) is 16.4. The molecule has 5 aromatic carbocycles. The Bertz CT molecular complexity index is 2480. The van der Waals surface area contributed by atoms with Crippen LogP contribution in [0, 0.1) is 13.8 Å². The van der Waals surface area contributed by atoms with Crippen LogP contribution in [-0.2, 0) is 5.66 Å². The van der Waals surface area contributed by atoms with Crippen molar-refractivity contribution in [2.75, 3.05) is 4.90 Å². The van der Waals surface area contributed by atoms with Crippen LogP contribution in [0.1, 0.15) is 22.5 Å². The highest BCUT2D eigenvalue weighted by molar-refractivity contribution is 5.97. The van der Waals surface area contributed by atoms with Gasteiger partial charge in [0.25, 0.3) is 0 Å². The summed E-state index contributed by atoms with van der Waals surface area (Å²) in [5.74, 6) is 1.76. The SMILES string of the molecule is Cc1c(-c2ccc(-c3ccccc3)cc2)c(C)[n+]2n1-c1ccc3c4c1C21c2c(cccc2N4c2ccccc2O3)-c2cccc[n+]21. The minimum Gasteiger partial charge on any atom is -0.453 e. The smallest absolute Gasteiger partial charge is 0.444 e. The van der Waals surface area contributed by atoms with Gasteiger partial charge in [-0.25, -0.2) is 0 Å². The van der Waals surface area contributed by atoms with Gasteiger partial charge in [-0.1, -0.05) is 72.8 Å².